The summed E-state index contributed by atoms with van der Waals surface area (Å²) in [7, 11) is 0. The van der Waals surface area contributed by atoms with Crippen LogP contribution >= 0.6 is 0 Å². The molecule has 2 aliphatic rings. The fraction of sp³-hybridized carbons (Fsp3) is 0.438. The standard InChI is InChI=1S/C16H17NO4/c1-9-7-8-11(16(20)21)13-12(9)14(18)17(15(13)19)10-5-3-2-4-6-10/h2-6,9,11-13H,7-8H2,1H3,(H,20,21)/t9-,11-,12+,13+/m0/s1. The van der Waals surface area contributed by atoms with Gasteiger partial charge in [0.15, 0.2) is 0 Å². The van der Waals surface area contributed by atoms with Crippen LogP contribution in [0.5, 0.6) is 0 Å². The Labute approximate surface area is 122 Å². The summed E-state index contributed by atoms with van der Waals surface area (Å²) in [5.41, 5.74) is 0.526. The molecule has 1 aromatic carbocycles. The topological polar surface area (TPSA) is 74.7 Å². The van der Waals surface area contributed by atoms with Gasteiger partial charge >= 0.3 is 5.97 Å². The Kier molecular flexibility index (Phi) is 3.27. The molecular weight excluding hydrogens is 270 g/mol. The van der Waals surface area contributed by atoms with Crippen molar-refractivity contribution < 1.29 is 19.5 Å². The summed E-state index contributed by atoms with van der Waals surface area (Å²) < 4.78 is 0. The summed E-state index contributed by atoms with van der Waals surface area (Å²) in [4.78, 5) is 37.9. The number of aliphatic carboxylic acids is 1. The number of rotatable bonds is 2. The molecule has 0 spiro atoms. The molecule has 0 radical (unpaired) electrons. The van der Waals surface area contributed by atoms with E-state index in [4.69, 9.17) is 0 Å². The lowest BCUT2D eigenvalue weighted by atomic mass is 9.68. The summed E-state index contributed by atoms with van der Waals surface area (Å²) >= 11 is 0. The first-order valence-electron chi connectivity index (χ1n) is 7.18. The Bertz CT molecular complexity index is 598. The summed E-state index contributed by atoms with van der Waals surface area (Å²) in [5, 5.41) is 9.35. The highest BCUT2D eigenvalue weighted by Crippen LogP contribution is 2.46. The molecule has 0 bridgehead atoms. The second-order valence-corrected chi connectivity index (χ2v) is 5.90. The minimum Gasteiger partial charge on any atom is -0.481 e. The van der Waals surface area contributed by atoms with E-state index < -0.39 is 23.7 Å². The predicted octanol–water partition coefficient (Wildman–Crippen LogP) is 1.92. The molecule has 4 atom stereocenters. The lowest BCUT2D eigenvalue weighted by Gasteiger charge is -2.32. The van der Waals surface area contributed by atoms with Gasteiger partial charge in [-0.15, -0.1) is 0 Å². The maximum atomic E-state index is 12.7. The Morgan fingerprint density at radius 1 is 1.10 bits per heavy atom. The molecule has 1 saturated carbocycles. The number of imide groups is 1. The van der Waals surface area contributed by atoms with Crippen molar-refractivity contribution >= 4 is 23.5 Å². The molecule has 1 heterocycles. The van der Waals surface area contributed by atoms with Crippen molar-refractivity contribution in [1.82, 2.24) is 0 Å². The fourth-order valence-corrected chi connectivity index (χ4v) is 3.64. The Morgan fingerprint density at radius 3 is 2.33 bits per heavy atom. The number of carboxylic acid groups (broad SMARTS) is 1. The molecule has 5 heteroatoms. The first-order chi connectivity index (χ1) is 10.0. The van der Waals surface area contributed by atoms with Crippen molar-refractivity contribution in [3.8, 4) is 0 Å². The number of para-hydroxylation sites is 1. The van der Waals surface area contributed by atoms with Crippen molar-refractivity contribution in [3.63, 3.8) is 0 Å². The number of hydrogen-bond acceptors (Lipinski definition) is 3. The van der Waals surface area contributed by atoms with Crippen LogP contribution in [0, 0.1) is 23.7 Å². The van der Waals surface area contributed by atoms with E-state index in [1.54, 1.807) is 24.3 Å². The predicted molar refractivity (Wildman–Crippen MR) is 75.4 cm³/mol. The molecule has 21 heavy (non-hydrogen) atoms. The third-order valence-electron chi connectivity index (χ3n) is 4.71. The van der Waals surface area contributed by atoms with Gasteiger partial charge in [0.2, 0.25) is 11.8 Å². The SMILES string of the molecule is C[C@H]1CC[C@H](C(=O)O)[C@H]2C(=O)N(c3ccccc3)C(=O)[C@@H]21. The molecule has 5 nitrogen and oxygen atoms in total. The minimum atomic E-state index is -0.979. The van der Waals surface area contributed by atoms with Crippen molar-refractivity contribution in [1.29, 1.82) is 0 Å². The van der Waals surface area contributed by atoms with Crippen molar-refractivity contribution in [2.24, 2.45) is 23.7 Å². The molecule has 2 amide bonds. The van der Waals surface area contributed by atoms with E-state index in [1.165, 1.54) is 4.90 Å². The summed E-state index contributed by atoms with van der Waals surface area (Å²) in [6.45, 7) is 1.93. The highest BCUT2D eigenvalue weighted by molar-refractivity contribution is 6.22. The molecule has 110 valence electrons. The van der Waals surface area contributed by atoms with Gasteiger partial charge in [0.1, 0.15) is 0 Å². The Balaban J connectivity index is 2.02. The van der Waals surface area contributed by atoms with E-state index in [0.29, 0.717) is 18.5 Å². The Morgan fingerprint density at radius 2 is 1.71 bits per heavy atom. The summed E-state index contributed by atoms with van der Waals surface area (Å²) in [6.07, 6.45) is 1.12. The number of carbonyl (C=O) groups excluding carboxylic acids is 2. The van der Waals surface area contributed by atoms with Gasteiger partial charge in [-0.3, -0.25) is 19.3 Å². The van der Waals surface area contributed by atoms with E-state index in [-0.39, 0.29) is 17.7 Å². The van der Waals surface area contributed by atoms with E-state index in [0.717, 1.165) is 0 Å². The number of hydrogen-bond donors (Lipinski definition) is 1. The molecule has 1 N–H and O–H groups in total. The first kappa shape index (κ1) is 13.8. The van der Waals surface area contributed by atoms with Gasteiger partial charge in [0.05, 0.1) is 23.4 Å². The second kappa shape index (κ2) is 4.98. The zero-order valence-electron chi connectivity index (χ0n) is 11.7. The fourth-order valence-electron chi connectivity index (χ4n) is 3.64. The van der Waals surface area contributed by atoms with Gasteiger partial charge < -0.3 is 5.11 Å². The van der Waals surface area contributed by atoms with E-state index in [2.05, 4.69) is 0 Å². The molecule has 1 aromatic rings. The lowest BCUT2D eigenvalue weighted by Crippen LogP contribution is -2.39. The van der Waals surface area contributed by atoms with Gasteiger partial charge in [-0.2, -0.15) is 0 Å². The monoisotopic (exact) mass is 287 g/mol. The molecule has 2 fully saturated rings. The van der Waals surface area contributed by atoms with E-state index in [9.17, 15) is 19.5 Å². The summed E-state index contributed by atoms with van der Waals surface area (Å²) in [6, 6.07) is 8.73. The van der Waals surface area contributed by atoms with Crippen molar-refractivity contribution in [3.05, 3.63) is 30.3 Å². The maximum Gasteiger partial charge on any atom is 0.307 e. The van der Waals surface area contributed by atoms with Crippen LogP contribution in [0.1, 0.15) is 19.8 Å². The number of carboxylic acids is 1. The zero-order valence-corrected chi connectivity index (χ0v) is 11.7. The number of anilines is 1. The number of nitrogens with zero attached hydrogens (tertiary/aromatic N) is 1. The molecule has 0 aromatic heterocycles. The third kappa shape index (κ3) is 2.04. The number of carbonyl (C=O) groups is 3. The van der Waals surface area contributed by atoms with Crippen molar-refractivity contribution in [2.75, 3.05) is 4.90 Å². The van der Waals surface area contributed by atoms with Crippen LogP contribution < -0.4 is 4.90 Å². The smallest absolute Gasteiger partial charge is 0.307 e. The molecule has 0 unspecified atom stereocenters. The maximum absolute atomic E-state index is 12.7. The second-order valence-electron chi connectivity index (χ2n) is 5.90. The van der Waals surface area contributed by atoms with E-state index in [1.807, 2.05) is 13.0 Å². The van der Waals surface area contributed by atoms with Gasteiger partial charge in [0, 0.05) is 0 Å². The molecule has 1 aliphatic carbocycles. The third-order valence-corrected chi connectivity index (χ3v) is 4.71. The minimum absolute atomic E-state index is 0.0377. The molecule has 3 rings (SSSR count). The van der Waals surface area contributed by atoms with Crippen molar-refractivity contribution in [2.45, 2.75) is 19.8 Å². The van der Waals surface area contributed by atoms with E-state index >= 15 is 0 Å². The van der Waals surface area contributed by atoms with Crippen LogP contribution in [-0.2, 0) is 14.4 Å². The highest BCUT2D eigenvalue weighted by atomic mass is 16.4. The normalized spacial score (nSPS) is 32.1. The first-order valence-corrected chi connectivity index (χ1v) is 7.18. The quantitative estimate of drug-likeness (QED) is 0.843. The lowest BCUT2D eigenvalue weighted by molar-refractivity contribution is -0.149. The molecular formula is C16H17NO4. The van der Waals surface area contributed by atoms with Crippen LogP contribution in [0.3, 0.4) is 0 Å². The number of benzene rings is 1. The summed E-state index contributed by atoms with van der Waals surface area (Å²) in [5.74, 6) is -3.55. The van der Waals surface area contributed by atoms with Crippen LogP contribution in [-0.4, -0.2) is 22.9 Å². The van der Waals surface area contributed by atoms with Crippen LogP contribution in [0.4, 0.5) is 5.69 Å². The van der Waals surface area contributed by atoms with Gasteiger partial charge in [0.25, 0.3) is 0 Å². The number of fused-ring (bicyclic) bond motifs is 1. The van der Waals surface area contributed by atoms with Gasteiger partial charge in [-0.25, -0.2) is 0 Å². The van der Waals surface area contributed by atoms with Gasteiger partial charge in [-0.1, -0.05) is 25.1 Å². The largest absolute Gasteiger partial charge is 0.481 e. The average molecular weight is 287 g/mol. The molecule has 1 saturated heterocycles. The van der Waals surface area contributed by atoms with Crippen LogP contribution in [0.2, 0.25) is 0 Å². The highest BCUT2D eigenvalue weighted by Gasteiger charge is 2.56. The molecule has 1 aliphatic heterocycles. The van der Waals surface area contributed by atoms with Crippen LogP contribution in [0.15, 0.2) is 30.3 Å². The van der Waals surface area contributed by atoms with Crippen LogP contribution in [0.25, 0.3) is 0 Å². The Hall–Kier alpha value is -2.17. The van der Waals surface area contributed by atoms with Gasteiger partial charge in [-0.05, 0) is 30.9 Å². The number of amides is 2. The zero-order chi connectivity index (χ0) is 15.1. The average Bonchev–Trinajstić information content (AvgIpc) is 2.73.